The van der Waals surface area contributed by atoms with Crippen molar-refractivity contribution in [3.05, 3.63) is 29.3 Å². The van der Waals surface area contributed by atoms with Gasteiger partial charge in [0.2, 0.25) is 0 Å². The summed E-state index contributed by atoms with van der Waals surface area (Å²) in [5.41, 5.74) is 9.62. The molecular formula is C14H22N2. The minimum atomic E-state index is 0.632. The van der Waals surface area contributed by atoms with E-state index in [9.17, 15) is 0 Å². The van der Waals surface area contributed by atoms with Gasteiger partial charge in [0.1, 0.15) is 0 Å². The van der Waals surface area contributed by atoms with E-state index in [4.69, 9.17) is 5.73 Å². The number of rotatable bonds is 2. The van der Waals surface area contributed by atoms with Crippen molar-refractivity contribution in [3.63, 3.8) is 0 Å². The molecule has 1 fully saturated rings. The van der Waals surface area contributed by atoms with E-state index < -0.39 is 0 Å². The Balaban J connectivity index is 2.27. The zero-order valence-electron chi connectivity index (χ0n) is 10.5. The first-order valence-electron chi connectivity index (χ1n) is 6.18. The summed E-state index contributed by atoms with van der Waals surface area (Å²) in [5, 5.41) is 0. The summed E-state index contributed by atoms with van der Waals surface area (Å²) in [6, 6.07) is 7.26. The number of benzene rings is 1. The van der Waals surface area contributed by atoms with E-state index in [-0.39, 0.29) is 0 Å². The van der Waals surface area contributed by atoms with Crippen molar-refractivity contribution in [1.29, 1.82) is 0 Å². The quantitative estimate of drug-likeness (QED) is 0.827. The molecule has 2 atom stereocenters. The normalized spacial score (nSPS) is 25.1. The van der Waals surface area contributed by atoms with E-state index in [1.54, 1.807) is 0 Å². The van der Waals surface area contributed by atoms with E-state index in [0.717, 1.165) is 5.92 Å². The number of anilines is 1. The Bertz CT molecular complexity index is 373. The van der Waals surface area contributed by atoms with E-state index in [0.29, 0.717) is 12.6 Å². The summed E-state index contributed by atoms with van der Waals surface area (Å²) < 4.78 is 0. The molecule has 88 valence electrons. The Morgan fingerprint density at radius 2 is 2.12 bits per heavy atom. The summed E-state index contributed by atoms with van der Waals surface area (Å²) in [4.78, 5) is 2.53. The molecule has 0 spiro atoms. The maximum absolute atomic E-state index is 5.66. The van der Waals surface area contributed by atoms with Gasteiger partial charge in [-0.05, 0) is 43.4 Å². The first kappa shape index (κ1) is 11.5. The second kappa shape index (κ2) is 4.46. The summed E-state index contributed by atoms with van der Waals surface area (Å²) in [6.07, 6.45) is 1.30. The average Bonchev–Trinajstić information content (AvgIpc) is 2.57. The third kappa shape index (κ3) is 2.07. The smallest absolute Gasteiger partial charge is 0.0398 e. The molecule has 2 heteroatoms. The van der Waals surface area contributed by atoms with Gasteiger partial charge in [-0.3, -0.25) is 0 Å². The van der Waals surface area contributed by atoms with Crippen molar-refractivity contribution >= 4 is 5.69 Å². The maximum Gasteiger partial charge on any atom is 0.0398 e. The highest BCUT2D eigenvalue weighted by Crippen LogP contribution is 2.31. The van der Waals surface area contributed by atoms with Crippen LogP contribution in [0.25, 0.3) is 0 Å². The lowest BCUT2D eigenvalue weighted by Crippen LogP contribution is -2.27. The number of aryl methyl sites for hydroxylation is 1. The fraction of sp³-hybridized carbons (Fsp3) is 0.571. The molecule has 0 aliphatic carbocycles. The molecule has 0 aromatic heterocycles. The second-order valence-electron chi connectivity index (χ2n) is 5.17. The summed E-state index contributed by atoms with van der Waals surface area (Å²) in [5.74, 6) is 0.809. The van der Waals surface area contributed by atoms with Crippen molar-refractivity contribution in [2.45, 2.75) is 39.8 Å². The summed E-state index contributed by atoms with van der Waals surface area (Å²) >= 11 is 0. The second-order valence-corrected chi connectivity index (χ2v) is 5.17. The summed E-state index contributed by atoms with van der Waals surface area (Å²) in [7, 11) is 0. The molecular weight excluding hydrogens is 196 g/mol. The van der Waals surface area contributed by atoms with Crippen molar-refractivity contribution in [2.75, 3.05) is 11.4 Å². The Morgan fingerprint density at radius 1 is 1.38 bits per heavy atom. The van der Waals surface area contributed by atoms with E-state index in [1.165, 1.54) is 29.8 Å². The van der Waals surface area contributed by atoms with E-state index in [1.807, 2.05) is 0 Å². The molecule has 0 saturated carbocycles. The molecule has 2 N–H and O–H groups in total. The number of hydrogen-bond donors (Lipinski definition) is 1. The van der Waals surface area contributed by atoms with Gasteiger partial charge in [-0.15, -0.1) is 0 Å². The molecule has 1 aliphatic heterocycles. The molecule has 2 unspecified atom stereocenters. The monoisotopic (exact) mass is 218 g/mol. The first-order chi connectivity index (χ1) is 7.61. The zero-order valence-corrected chi connectivity index (χ0v) is 10.5. The van der Waals surface area contributed by atoms with Crippen LogP contribution in [-0.2, 0) is 6.54 Å². The molecule has 2 rings (SSSR count). The third-order valence-corrected chi connectivity index (χ3v) is 3.59. The molecule has 1 aromatic carbocycles. The maximum atomic E-state index is 5.66. The molecule has 1 aromatic rings. The largest absolute Gasteiger partial charge is 0.368 e. The van der Waals surface area contributed by atoms with Crippen LogP contribution in [0.15, 0.2) is 18.2 Å². The number of hydrogen-bond acceptors (Lipinski definition) is 2. The van der Waals surface area contributed by atoms with E-state index >= 15 is 0 Å². The fourth-order valence-corrected chi connectivity index (χ4v) is 2.80. The van der Waals surface area contributed by atoms with Crippen LogP contribution in [0.1, 0.15) is 31.4 Å². The van der Waals surface area contributed by atoms with Gasteiger partial charge in [0, 0.05) is 24.8 Å². The van der Waals surface area contributed by atoms with Crippen LogP contribution in [0, 0.1) is 12.8 Å². The highest BCUT2D eigenvalue weighted by atomic mass is 15.2. The van der Waals surface area contributed by atoms with Crippen LogP contribution in [-0.4, -0.2) is 12.6 Å². The van der Waals surface area contributed by atoms with Crippen molar-refractivity contribution in [2.24, 2.45) is 11.7 Å². The Morgan fingerprint density at radius 3 is 2.62 bits per heavy atom. The van der Waals surface area contributed by atoms with Gasteiger partial charge in [-0.2, -0.15) is 0 Å². The van der Waals surface area contributed by atoms with Crippen molar-refractivity contribution in [1.82, 2.24) is 0 Å². The lowest BCUT2D eigenvalue weighted by Gasteiger charge is -2.26. The predicted molar refractivity (Wildman–Crippen MR) is 69.7 cm³/mol. The molecule has 1 heterocycles. The minimum absolute atomic E-state index is 0.632. The van der Waals surface area contributed by atoms with Gasteiger partial charge in [0.05, 0.1) is 0 Å². The van der Waals surface area contributed by atoms with Gasteiger partial charge >= 0.3 is 0 Å². The Labute approximate surface area is 98.4 Å². The zero-order chi connectivity index (χ0) is 11.7. The van der Waals surface area contributed by atoms with Crippen LogP contribution < -0.4 is 10.6 Å². The molecule has 1 aliphatic rings. The van der Waals surface area contributed by atoms with Crippen LogP contribution in [0.5, 0.6) is 0 Å². The van der Waals surface area contributed by atoms with Crippen LogP contribution in [0.2, 0.25) is 0 Å². The lowest BCUT2D eigenvalue weighted by molar-refractivity contribution is 0.625. The number of nitrogens with two attached hydrogens (primary N) is 1. The average molecular weight is 218 g/mol. The highest BCUT2D eigenvalue weighted by molar-refractivity contribution is 5.56. The molecule has 0 bridgehead atoms. The van der Waals surface area contributed by atoms with Crippen molar-refractivity contribution < 1.29 is 0 Å². The van der Waals surface area contributed by atoms with Crippen LogP contribution in [0.3, 0.4) is 0 Å². The Kier molecular flexibility index (Phi) is 3.20. The third-order valence-electron chi connectivity index (χ3n) is 3.59. The van der Waals surface area contributed by atoms with Gasteiger partial charge in [-0.25, -0.2) is 0 Å². The molecule has 1 saturated heterocycles. The predicted octanol–water partition coefficient (Wildman–Crippen LogP) is 2.69. The minimum Gasteiger partial charge on any atom is -0.368 e. The van der Waals surface area contributed by atoms with Gasteiger partial charge in [-0.1, -0.05) is 19.1 Å². The van der Waals surface area contributed by atoms with Crippen LogP contribution in [0.4, 0.5) is 5.69 Å². The number of nitrogens with zero attached hydrogens (tertiary/aromatic N) is 1. The van der Waals surface area contributed by atoms with E-state index in [2.05, 4.69) is 43.9 Å². The van der Waals surface area contributed by atoms with Crippen molar-refractivity contribution in [3.8, 4) is 0 Å². The molecule has 0 amide bonds. The van der Waals surface area contributed by atoms with Gasteiger partial charge in [0.15, 0.2) is 0 Å². The first-order valence-corrected chi connectivity index (χ1v) is 6.18. The SMILES string of the molecule is Cc1cc(CN)ccc1N1CC(C)CC1C. The topological polar surface area (TPSA) is 29.3 Å². The summed E-state index contributed by atoms with van der Waals surface area (Å²) in [6.45, 7) is 8.65. The van der Waals surface area contributed by atoms with Gasteiger partial charge < -0.3 is 10.6 Å². The Hall–Kier alpha value is -1.02. The molecule has 0 radical (unpaired) electrons. The molecule has 16 heavy (non-hydrogen) atoms. The highest BCUT2D eigenvalue weighted by Gasteiger charge is 2.26. The van der Waals surface area contributed by atoms with Gasteiger partial charge in [0.25, 0.3) is 0 Å². The standard InChI is InChI=1S/C14H22N2/c1-10-6-12(3)16(9-10)14-5-4-13(8-15)7-11(14)2/h4-5,7,10,12H,6,8-9,15H2,1-3H3. The lowest BCUT2D eigenvalue weighted by atomic mass is 10.1. The van der Waals surface area contributed by atoms with Crippen LogP contribution >= 0.6 is 0 Å². The fourth-order valence-electron chi connectivity index (χ4n) is 2.80. The molecule has 2 nitrogen and oxygen atoms in total.